The zero-order chi connectivity index (χ0) is 8.81. The molecule has 4 heteroatoms. The second-order valence-electron chi connectivity index (χ2n) is 1.94. The van der Waals surface area contributed by atoms with Gasteiger partial charge in [-0.05, 0) is 23.7 Å². The Morgan fingerprint density at radius 3 is 2.67 bits per heavy atom. The monoisotopic (exact) mass is 183 g/mol. The third kappa shape index (κ3) is 3.16. The van der Waals surface area contributed by atoms with E-state index in [9.17, 15) is 4.79 Å². The second-order valence-corrected chi connectivity index (χ2v) is 2.32. The first-order chi connectivity index (χ1) is 5.79. The highest BCUT2D eigenvalue weighted by atomic mass is 35.5. The smallest absolute Gasteiger partial charge is 0.266 e. The van der Waals surface area contributed by atoms with Crippen LogP contribution in [0.15, 0.2) is 35.5 Å². The molecule has 0 bridgehead atoms. The van der Waals surface area contributed by atoms with Crippen LogP contribution in [-0.2, 0) is 4.79 Å². The van der Waals surface area contributed by atoms with Gasteiger partial charge in [0.2, 0.25) is 0 Å². The van der Waals surface area contributed by atoms with Crippen LogP contribution in [0.25, 0.3) is 0 Å². The maximum absolute atomic E-state index is 10.2. The average Bonchev–Trinajstić information content (AvgIpc) is 2.05. The number of para-hydroxylation sites is 1. The minimum absolute atomic E-state index is 0.562. The van der Waals surface area contributed by atoms with Crippen molar-refractivity contribution in [3.8, 4) is 5.75 Å². The van der Waals surface area contributed by atoms with Gasteiger partial charge in [-0.15, -0.1) is 0 Å². The van der Waals surface area contributed by atoms with Gasteiger partial charge in [0.25, 0.3) is 5.24 Å². The second kappa shape index (κ2) is 4.51. The van der Waals surface area contributed by atoms with Crippen LogP contribution in [0.4, 0.5) is 0 Å². The Hall–Kier alpha value is -1.35. The summed E-state index contributed by atoms with van der Waals surface area (Å²) in [5.74, 6) is 0.562. The van der Waals surface area contributed by atoms with Crippen LogP contribution in [0.5, 0.6) is 5.75 Å². The molecular weight excluding hydrogens is 178 g/mol. The van der Waals surface area contributed by atoms with Crippen molar-refractivity contribution in [3.05, 3.63) is 30.3 Å². The summed E-state index contributed by atoms with van der Waals surface area (Å²) in [6.07, 6.45) is 0.897. The molecule has 0 aliphatic heterocycles. The molecule has 0 aliphatic carbocycles. The summed E-state index contributed by atoms with van der Waals surface area (Å²) in [4.78, 5) is 15.0. The van der Waals surface area contributed by atoms with Crippen molar-refractivity contribution >= 4 is 23.1 Å². The molecule has 1 aromatic carbocycles. The number of benzene rings is 1. The fourth-order valence-corrected chi connectivity index (χ4v) is 0.650. The van der Waals surface area contributed by atoms with Gasteiger partial charge >= 0.3 is 0 Å². The van der Waals surface area contributed by atoms with Crippen LogP contribution in [0.2, 0.25) is 0 Å². The third-order valence-corrected chi connectivity index (χ3v) is 1.15. The zero-order valence-electron chi connectivity index (χ0n) is 6.11. The Morgan fingerprint density at radius 1 is 1.42 bits per heavy atom. The van der Waals surface area contributed by atoms with Gasteiger partial charge in [-0.2, -0.15) is 0 Å². The number of carbonyl (C=O) groups excluding carboxylic acids is 1. The zero-order valence-corrected chi connectivity index (χ0v) is 6.86. The summed E-state index contributed by atoms with van der Waals surface area (Å²) < 4.78 is 0. The number of hydrogen-bond donors (Lipinski definition) is 0. The largest absolute Gasteiger partial charge is 0.357 e. The number of rotatable bonds is 3. The lowest BCUT2D eigenvalue weighted by Crippen LogP contribution is -1.89. The summed E-state index contributed by atoms with van der Waals surface area (Å²) in [7, 11) is 0. The van der Waals surface area contributed by atoms with Crippen LogP contribution in [-0.4, -0.2) is 11.5 Å². The van der Waals surface area contributed by atoms with Crippen molar-refractivity contribution in [3.63, 3.8) is 0 Å². The highest BCUT2D eigenvalue weighted by Crippen LogP contribution is 2.07. The lowest BCUT2D eigenvalue weighted by atomic mass is 10.3. The van der Waals surface area contributed by atoms with E-state index in [0.717, 1.165) is 6.21 Å². The number of halogens is 1. The van der Waals surface area contributed by atoms with Crippen molar-refractivity contribution in [2.75, 3.05) is 0 Å². The average molecular weight is 184 g/mol. The summed E-state index contributed by atoms with van der Waals surface area (Å²) in [6, 6.07) is 8.89. The Kier molecular flexibility index (Phi) is 3.29. The van der Waals surface area contributed by atoms with Crippen molar-refractivity contribution in [2.24, 2.45) is 5.16 Å². The van der Waals surface area contributed by atoms with Crippen LogP contribution in [0.1, 0.15) is 0 Å². The van der Waals surface area contributed by atoms with Crippen molar-refractivity contribution in [1.82, 2.24) is 0 Å². The fourth-order valence-electron chi connectivity index (χ4n) is 0.610. The maximum atomic E-state index is 10.2. The van der Waals surface area contributed by atoms with Crippen molar-refractivity contribution in [2.45, 2.75) is 0 Å². The Bertz CT molecular complexity index is 284. The van der Waals surface area contributed by atoms with Crippen molar-refractivity contribution in [1.29, 1.82) is 0 Å². The maximum Gasteiger partial charge on any atom is 0.266 e. The molecule has 12 heavy (non-hydrogen) atoms. The number of carbonyl (C=O) groups is 1. The molecule has 3 nitrogen and oxygen atoms in total. The standard InChI is InChI=1S/C8H6ClNO2/c9-8(11)6-10-12-7-4-2-1-3-5-7/h1-6H. The van der Waals surface area contributed by atoms with Crippen LogP contribution in [0.3, 0.4) is 0 Å². The molecular formula is C8H6ClNO2. The summed E-state index contributed by atoms with van der Waals surface area (Å²) in [6.45, 7) is 0. The molecule has 1 rings (SSSR count). The number of hydrogen-bond acceptors (Lipinski definition) is 3. The molecule has 0 amide bonds. The normalized spacial score (nSPS) is 10.1. The van der Waals surface area contributed by atoms with E-state index in [-0.39, 0.29) is 0 Å². The van der Waals surface area contributed by atoms with E-state index in [2.05, 4.69) is 5.16 Å². The first-order valence-electron chi connectivity index (χ1n) is 3.24. The molecule has 1 aromatic rings. The molecule has 0 aliphatic rings. The quantitative estimate of drug-likeness (QED) is 0.407. The Labute approximate surface area is 74.6 Å². The van der Waals surface area contributed by atoms with Gasteiger partial charge in [-0.25, -0.2) is 0 Å². The number of oxime groups is 1. The molecule has 0 radical (unpaired) electrons. The molecule has 0 aromatic heterocycles. The van der Waals surface area contributed by atoms with Gasteiger partial charge in [0, 0.05) is 0 Å². The fraction of sp³-hybridized carbons (Fsp3) is 0. The van der Waals surface area contributed by atoms with Gasteiger partial charge in [0.05, 0.1) is 0 Å². The summed E-state index contributed by atoms with van der Waals surface area (Å²) in [5.41, 5.74) is 0. The highest BCUT2D eigenvalue weighted by molar-refractivity contribution is 6.77. The van der Waals surface area contributed by atoms with E-state index >= 15 is 0 Å². The minimum atomic E-state index is -0.661. The molecule has 0 saturated carbocycles. The van der Waals surface area contributed by atoms with E-state index in [1.54, 1.807) is 24.3 Å². The van der Waals surface area contributed by atoms with Crippen LogP contribution < -0.4 is 4.84 Å². The minimum Gasteiger partial charge on any atom is -0.357 e. The molecule has 0 saturated heterocycles. The van der Waals surface area contributed by atoms with E-state index in [0.29, 0.717) is 5.75 Å². The molecule has 0 N–H and O–H groups in total. The first kappa shape index (κ1) is 8.74. The molecule has 62 valence electrons. The predicted molar refractivity (Wildman–Crippen MR) is 46.4 cm³/mol. The Morgan fingerprint density at radius 2 is 2.08 bits per heavy atom. The predicted octanol–water partition coefficient (Wildman–Crippen LogP) is 1.82. The number of nitrogens with zero attached hydrogens (tertiary/aromatic N) is 1. The molecule has 0 spiro atoms. The van der Waals surface area contributed by atoms with Crippen LogP contribution in [0, 0.1) is 0 Å². The topological polar surface area (TPSA) is 38.7 Å². The third-order valence-electron chi connectivity index (χ3n) is 1.06. The van der Waals surface area contributed by atoms with Gasteiger partial charge in [-0.3, -0.25) is 4.79 Å². The van der Waals surface area contributed by atoms with Gasteiger partial charge in [0.15, 0.2) is 5.75 Å². The lowest BCUT2D eigenvalue weighted by Gasteiger charge is -1.94. The molecule has 0 heterocycles. The van der Waals surface area contributed by atoms with Gasteiger partial charge < -0.3 is 4.84 Å². The van der Waals surface area contributed by atoms with Crippen molar-refractivity contribution < 1.29 is 9.63 Å². The summed E-state index contributed by atoms with van der Waals surface area (Å²) >= 11 is 4.98. The Balaban J connectivity index is 2.49. The van der Waals surface area contributed by atoms with E-state index < -0.39 is 5.24 Å². The molecule has 0 unspecified atom stereocenters. The van der Waals surface area contributed by atoms with E-state index in [1.165, 1.54) is 0 Å². The first-order valence-corrected chi connectivity index (χ1v) is 3.62. The summed E-state index contributed by atoms with van der Waals surface area (Å²) in [5, 5.41) is 2.67. The van der Waals surface area contributed by atoms with Gasteiger partial charge in [-0.1, -0.05) is 23.4 Å². The molecule has 0 atom stereocenters. The lowest BCUT2D eigenvalue weighted by molar-refractivity contribution is -0.105. The van der Waals surface area contributed by atoms with Gasteiger partial charge in [0.1, 0.15) is 6.21 Å². The highest BCUT2D eigenvalue weighted by Gasteiger charge is 1.89. The molecule has 0 fully saturated rings. The van der Waals surface area contributed by atoms with E-state index in [1.807, 2.05) is 6.07 Å². The van der Waals surface area contributed by atoms with Crippen LogP contribution >= 0.6 is 11.6 Å². The SMILES string of the molecule is O=C(Cl)C=NOc1ccccc1. The van der Waals surface area contributed by atoms with E-state index in [4.69, 9.17) is 16.4 Å².